The van der Waals surface area contributed by atoms with Crippen molar-refractivity contribution in [1.29, 1.82) is 0 Å². The van der Waals surface area contributed by atoms with Crippen LogP contribution < -0.4 is 5.73 Å². The summed E-state index contributed by atoms with van der Waals surface area (Å²) in [6, 6.07) is 12.1. The highest BCUT2D eigenvalue weighted by molar-refractivity contribution is 7.18. The third-order valence-corrected chi connectivity index (χ3v) is 3.39. The Morgan fingerprint density at radius 1 is 0.778 bits per heavy atom. The van der Waals surface area contributed by atoms with Gasteiger partial charge in [-0.1, -0.05) is 35.6 Å². The summed E-state index contributed by atoms with van der Waals surface area (Å²) in [5.41, 5.74) is 8.90. The van der Waals surface area contributed by atoms with Crippen molar-refractivity contribution < 1.29 is 0 Å². The zero-order valence-corrected chi connectivity index (χ0v) is 10.3. The molecule has 0 aliphatic rings. The van der Waals surface area contributed by atoms with Crippen LogP contribution in [0.5, 0.6) is 0 Å². The summed E-state index contributed by atoms with van der Waals surface area (Å²) >= 11 is 1.39. The minimum Gasteiger partial charge on any atom is -0.374 e. The van der Waals surface area contributed by atoms with Gasteiger partial charge in [-0.3, -0.25) is 4.98 Å². The number of pyridine rings is 1. The van der Waals surface area contributed by atoms with Crippen LogP contribution in [0.4, 0.5) is 5.13 Å². The number of hydrogen-bond donors (Lipinski definition) is 1. The van der Waals surface area contributed by atoms with E-state index in [9.17, 15) is 0 Å². The minimum absolute atomic E-state index is 0.489. The van der Waals surface area contributed by atoms with Crippen LogP contribution in [0.1, 0.15) is 0 Å². The van der Waals surface area contributed by atoms with Gasteiger partial charge in [0.15, 0.2) is 0 Å². The highest BCUT2D eigenvalue weighted by Gasteiger charge is 2.04. The number of nitrogens with zero attached hydrogens (tertiary/aromatic N) is 3. The molecule has 0 saturated heterocycles. The number of benzene rings is 1. The van der Waals surface area contributed by atoms with Crippen molar-refractivity contribution >= 4 is 16.5 Å². The van der Waals surface area contributed by atoms with Crippen molar-refractivity contribution in [1.82, 2.24) is 15.2 Å². The van der Waals surface area contributed by atoms with Crippen LogP contribution >= 0.6 is 11.3 Å². The summed E-state index contributed by atoms with van der Waals surface area (Å²) in [6.45, 7) is 0. The van der Waals surface area contributed by atoms with Crippen LogP contribution in [0.15, 0.2) is 48.8 Å². The number of hydrogen-bond acceptors (Lipinski definition) is 5. The van der Waals surface area contributed by atoms with Crippen LogP contribution in [0.3, 0.4) is 0 Å². The Bertz CT molecular complexity index is 646. The molecule has 2 N–H and O–H groups in total. The first-order valence-electron chi connectivity index (χ1n) is 5.43. The number of nitrogens with two attached hydrogens (primary N) is 1. The van der Waals surface area contributed by atoms with Crippen molar-refractivity contribution in [2.75, 3.05) is 5.73 Å². The molecule has 0 fully saturated rings. The van der Waals surface area contributed by atoms with Crippen molar-refractivity contribution in [2.24, 2.45) is 0 Å². The molecule has 5 heteroatoms. The molecular weight excluding hydrogens is 244 g/mol. The molecular formula is C13H10N4S. The van der Waals surface area contributed by atoms with E-state index >= 15 is 0 Å². The predicted molar refractivity (Wildman–Crippen MR) is 73.0 cm³/mol. The van der Waals surface area contributed by atoms with E-state index in [1.54, 1.807) is 12.4 Å². The Morgan fingerprint density at radius 3 is 2.00 bits per heavy atom. The molecule has 0 aliphatic carbocycles. The lowest BCUT2D eigenvalue weighted by atomic mass is 10.1. The molecule has 88 valence electrons. The van der Waals surface area contributed by atoms with E-state index in [1.165, 1.54) is 11.3 Å². The Kier molecular flexibility index (Phi) is 2.74. The molecule has 4 nitrogen and oxygen atoms in total. The zero-order chi connectivity index (χ0) is 12.4. The smallest absolute Gasteiger partial charge is 0.203 e. The first-order chi connectivity index (χ1) is 8.83. The third kappa shape index (κ3) is 2.08. The summed E-state index contributed by atoms with van der Waals surface area (Å²) in [6.07, 6.45) is 3.57. The molecule has 0 amide bonds. The van der Waals surface area contributed by atoms with Crippen molar-refractivity contribution in [3.8, 4) is 21.7 Å². The Hall–Kier alpha value is -2.27. The summed E-state index contributed by atoms with van der Waals surface area (Å²) in [4.78, 5) is 4.01. The summed E-state index contributed by atoms with van der Waals surface area (Å²) < 4.78 is 0. The third-order valence-electron chi connectivity index (χ3n) is 2.59. The maximum Gasteiger partial charge on any atom is 0.203 e. The Morgan fingerprint density at radius 2 is 1.39 bits per heavy atom. The topological polar surface area (TPSA) is 64.7 Å². The fraction of sp³-hybridized carbons (Fsp3) is 0. The number of anilines is 1. The number of rotatable bonds is 2. The lowest BCUT2D eigenvalue weighted by Crippen LogP contribution is -1.81. The SMILES string of the molecule is Nc1nnc(-c2ccc(-c3ccncc3)cc2)s1. The summed E-state index contributed by atoms with van der Waals surface area (Å²) in [7, 11) is 0. The van der Waals surface area contributed by atoms with Gasteiger partial charge < -0.3 is 5.73 Å². The van der Waals surface area contributed by atoms with Crippen LogP contribution in [0.2, 0.25) is 0 Å². The molecule has 1 aromatic carbocycles. The molecule has 0 atom stereocenters. The van der Waals surface area contributed by atoms with E-state index < -0.39 is 0 Å². The molecule has 2 aromatic heterocycles. The van der Waals surface area contributed by atoms with Gasteiger partial charge in [0.05, 0.1) is 0 Å². The monoisotopic (exact) mass is 254 g/mol. The van der Waals surface area contributed by atoms with Crippen molar-refractivity contribution in [3.05, 3.63) is 48.8 Å². The van der Waals surface area contributed by atoms with E-state index in [0.717, 1.165) is 21.7 Å². The van der Waals surface area contributed by atoms with Crippen LogP contribution in [-0.4, -0.2) is 15.2 Å². The van der Waals surface area contributed by atoms with Crippen LogP contribution in [-0.2, 0) is 0 Å². The molecule has 0 unspecified atom stereocenters. The van der Waals surface area contributed by atoms with Gasteiger partial charge in [0.1, 0.15) is 5.01 Å². The zero-order valence-electron chi connectivity index (χ0n) is 9.45. The molecule has 0 bridgehead atoms. The highest BCUT2D eigenvalue weighted by Crippen LogP contribution is 2.27. The van der Waals surface area contributed by atoms with Crippen LogP contribution in [0, 0.1) is 0 Å². The second kappa shape index (κ2) is 4.54. The van der Waals surface area contributed by atoms with E-state index in [1.807, 2.05) is 24.3 Å². The highest BCUT2D eigenvalue weighted by atomic mass is 32.1. The fourth-order valence-electron chi connectivity index (χ4n) is 1.70. The van der Waals surface area contributed by atoms with Gasteiger partial charge in [-0.15, -0.1) is 10.2 Å². The van der Waals surface area contributed by atoms with Gasteiger partial charge >= 0.3 is 0 Å². The second-order valence-corrected chi connectivity index (χ2v) is 4.77. The molecule has 0 spiro atoms. The quantitative estimate of drug-likeness (QED) is 0.763. The maximum atomic E-state index is 5.57. The van der Waals surface area contributed by atoms with Gasteiger partial charge in [-0.05, 0) is 23.3 Å². The predicted octanol–water partition coefficient (Wildman–Crippen LogP) is 2.85. The Balaban J connectivity index is 1.94. The standard InChI is InChI=1S/C13H10N4S/c14-13-17-16-12(18-13)11-3-1-9(2-4-11)10-5-7-15-8-6-10/h1-8H,(H2,14,17). The normalized spacial score (nSPS) is 10.4. The minimum atomic E-state index is 0.489. The Labute approximate surface area is 108 Å². The lowest BCUT2D eigenvalue weighted by Gasteiger charge is -2.01. The molecule has 3 aromatic rings. The number of aromatic nitrogens is 3. The van der Waals surface area contributed by atoms with Gasteiger partial charge in [-0.25, -0.2) is 0 Å². The van der Waals surface area contributed by atoms with Gasteiger partial charge in [0, 0.05) is 18.0 Å². The van der Waals surface area contributed by atoms with Crippen molar-refractivity contribution in [3.63, 3.8) is 0 Å². The lowest BCUT2D eigenvalue weighted by molar-refractivity contribution is 1.10. The molecule has 3 rings (SSSR count). The number of nitrogen functional groups attached to an aromatic ring is 1. The van der Waals surface area contributed by atoms with Crippen molar-refractivity contribution in [2.45, 2.75) is 0 Å². The van der Waals surface area contributed by atoms with E-state index in [-0.39, 0.29) is 0 Å². The maximum absolute atomic E-state index is 5.57. The molecule has 2 heterocycles. The molecule has 0 radical (unpaired) electrons. The van der Waals surface area contributed by atoms with Gasteiger partial charge in [-0.2, -0.15) is 0 Å². The van der Waals surface area contributed by atoms with E-state index in [0.29, 0.717) is 5.13 Å². The molecule has 18 heavy (non-hydrogen) atoms. The molecule has 0 saturated carbocycles. The largest absolute Gasteiger partial charge is 0.374 e. The second-order valence-electron chi connectivity index (χ2n) is 3.76. The first kappa shape index (κ1) is 10.9. The van der Waals surface area contributed by atoms with E-state index in [4.69, 9.17) is 5.73 Å². The van der Waals surface area contributed by atoms with Gasteiger partial charge in [0.2, 0.25) is 5.13 Å². The van der Waals surface area contributed by atoms with Gasteiger partial charge in [0.25, 0.3) is 0 Å². The van der Waals surface area contributed by atoms with E-state index in [2.05, 4.69) is 27.3 Å². The average molecular weight is 254 g/mol. The summed E-state index contributed by atoms with van der Waals surface area (Å²) in [5, 5.41) is 9.16. The molecule has 0 aliphatic heterocycles. The average Bonchev–Trinajstić information content (AvgIpc) is 2.87. The fourth-order valence-corrected chi connectivity index (χ4v) is 2.32. The van der Waals surface area contributed by atoms with Crippen LogP contribution in [0.25, 0.3) is 21.7 Å². The summed E-state index contributed by atoms with van der Waals surface area (Å²) in [5.74, 6) is 0. The first-order valence-corrected chi connectivity index (χ1v) is 6.24.